The predicted molar refractivity (Wildman–Crippen MR) is 27.0 cm³/mol. The summed E-state index contributed by atoms with van der Waals surface area (Å²) >= 11 is 0. The Kier molecular flexibility index (Phi) is 332. The molecule has 0 aliphatic heterocycles. The second-order valence-corrected chi connectivity index (χ2v) is 0.316. The minimum absolute atomic E-state index is 0. The first-order chi connectivity index (χ1) is 2.83. The summed E-state index contributed by atoms with van der Waals surface area (Å²) in [5.74, 6) is 0. The largest absolute Gasteiger partial charge is 2.00 e. The van der Waals surface area contributed by atoms with E-state index in [-0.39, 0.29) is 26.6 Å². The van der Waals surface area contributed by atoms with Crippen molar-refractivity contribution in [2.24, 2.45) is 0 Å². The van der Waals surface area contributed by atoms with E-state index in [1.54, 1.807) is 0 Å². The molecule has 0 bridgehead atoms. The van der Waals surface area contributed by atoms with Crippen molar-refractivity contribution in [2.45, 2.75) is 0 Å². The zero-order chi connectivity index (χ0) is 5.41. The van der Waals surface area contributed by atoms with Crippen LogP contribution in [0.1, 0.15) is 0 Å². The smallest absolute Gasteiger partial charge is 0.344 e. The van der Waals surface area contributed by atoms with E-state index in [9.17, 15) is 0 Å². The zero-order valence-electron chi connectivity index (χ0n) is 4.33. The summed E-state index contributed by atoms with van der Waals surface area (Å²) < 4.78 is 0. The molecule has 48 valence electrons. The van der Waals surface area contributed by atoms with E-state index < -0.39 is 0 Å². The molecule has 0 aromatic carbocycles. The molecule has 0 aromatic rings. The van der Waals surface area contributed by atoms with E-state index in [1.165, 1.54) is 12.1 Å². The Morgan fingerprint density at radius 3 is 1.00 bits per heavy atom. The first kappa shape index (κ1) is 26.4. The maximum atomic E-state index is 7.21. The van der Waals surface area contributed by atoms with Crippen LogP contribution >= 0.6 is 0 Å². The van der Waals surface area contributed by atoms with Crippen LogP contribution in [0.2, 0.25) is 0 Å². The number of rotatable bonds is 0. The first-order valence-corrected chi connectivity index (χ1v) is 1.15. The average Bonchev–Trinajstić information content (AvgIpc) is 1.39. The topological polar surface area (TPSA) is 82.6 Å². The quantitative estimate of drug-likeness (QED) is 0.468. The predicted octanol–water partition coefficient (Wildman–Crippen LogP) is 0.848. The molecule has 8 heavy (non-hydrogen) atoms. The number of nitrogens with zero attached hydrogens (tertiary/aromatic N) is 2. The summed E-state index contributed by atoms with van der Waals surface area (Å²) in [4.78, 5) is 0. The van der Waals surface area contributed by atoms with Gasteiger partial charge in [-0.15, -0.1) is 12.1 Å². The van der Waals surface area contributed by atoms with Gasteiger partial charge in [-0.1, -0.05) is 0 Å². The minimum atomic E-state index is 0. The molecule has 0 rings (SSSR count). The van der Waals surface area contributed by atoms with Crippen molar-refractivity contribution in [3.05, 3.63) is 13.8 Å². The maximum absolute atomic E-state index is 7.21. The Bertz CT molecular complexity index is 66.3. The summed E-state index contributed by atoms with van der Waals surface area (Å²) in [6.07, 6.45) is 0. The van der Waals surface area contributed by atoms with Crippen LogP contribution in [0, 0.1) is 36.5 Å². The third kappa shape index (κ3) is 233. The molecular weight excluding hydrogens is 196 g/mol. The molecule has 3 N–H and O–H groups in total. The van der Waals surface area contributed by atoms with Crippen molar-refractivity contribution in [3.63, 3.8) is 0 Å². The van der Waals surface area contributed by atoms with Crippen LogP contribution < -0.4 is 6.15 Å². The second kappa shape index (κ2) is 100. The van der Waals surface area contributed by atoms with Gasteiger partial charge in [0.15, 0.2) is 0 Å². The van der Waals surface area contributed by atoms with E-state index in [0.29, 0.717) is 0 Å². The molecule has 0 aliphatic rings. The van der Waals surface area contributed by atoms with Crippen molar-refractivity contribution >= 4 is 0 Å². The fraction of sp³-hybridized carbons (Fsp3) is 0. The molecule has 0 spiro atoms. The van der Waals surface area contributed by atoms with Crippen molar-refractivity contribution in [3.8, 4) is 12.1 Å². The van der Waals surface area contributed by atoms with Crippen LogP contribution in [0.25, 0.3) is 0 Å². The molecule has 0 amide bonds. The maximum Gasteiger partial charge on any atom is 2.00 e. The number of hydrogen-bond donors (Lipinski definition) is 1. The van der Waals surface area contributed by atoms with Gasteiger partial charge in [-0.2, -0.15) is 0 Å². The average molecular weight is 204 g/mol. The Hall–Kier alpha value is -0.658. The van der Waals surface area contributed by atoms with E-state index in [4.69, 9.17) is 10.5 Å². The number of hydrogen-bond acceptors (Lipinski definition) is 3. The second-order valence-electron chi connectivity index (χ2n) is 0.316. The Morgan fingerprint density at radius 1 is 1.00 bits per heavy atom. The van der Waals surface area contributed by atoms with Gasteiger partial charge in [0, 0.05) is 0 Å². The number of nitriles is 2. The van der Waals surface area contributed by atoms with Crippen molar-refractivity contribution < 1.29 is 20.4 Å². The van der Waals surface area contributed by atoms with Crippen LogP contribution in [0.4, 0.5) is 0 Å². The summed E-state index contributed by atoms with van der Waals surface area (Å²) in [7, 11) is 0. The van der Waals surface area contributed by atoms with Crippen LogP contribution in [-0.2, 0) is 20.4 Å². The molecule has 4 heteroatoms. The summed E-state index contributed by atoms with van der Waals surface area (Å²) in [5.41, 5.74) is 0. The summed E-state index contributed by atoms with van der Waals surface area (Å²) in [6.45, 7) is 5.58. The molecular formula is C4H7N3Pd. The molecule has 0 saturated carbocycles. The Balaban J connectivity index is -0.0000000160. The van der Waals surface area contributed by atoms with Crippen LogP contribution in [-0.4, -0.2) is 0 Å². The monoisotopic (exact) mass is 203 g/mol. The SMILES string of the molecule is N.[CH2-]C#N.[CH2-]C#N.[Pd+2]. The molecule has 0 heterocycles. The van der Waals surface area contributed by atoms with Crippen LogP contribution in [0.5, 0.6) is 0 Å². The van der Waals surface area contributed by atoms with Gasteiger partial charge >= 0.3 is 20.4 Å². The van der Waals surface area contributed by atoms with Gasteiger partial charge in [0.05, 0.1) is 0 Å². The fourth-order valence-corrected chi connectivity index (χ4v) is 0. The summed E-state index contributed by atoms with van der Waals surface area (Å²) in [5, 5.41) is 14.4. The zero-order valence-corrected chi connectivity index (χ0v) is 5.89. The molecule has 0 saturated heterocycles. The van der Waals surface area contributed by atoms with Crippen molar-refractivity contribution in [2.75, 3.05) is 0 Å². The molecule has 0 aliphatic carbocycles. The van der Waals surface area contributed by atoms with Crippen LogP contribution in [0.15, 0.2) is 0 Å². The van der Waals surface area contributed by atoms with Gasteiger partial charge in [-0.3, -0.25) is 0 Å². The normalized spacial score (nSPS) is 1.75. The minimum Gasteiger partial charge on any atom is -0.344 e. The summed E-state index contributed by atoms with van der Waals surface area (Å²) in [6, 6.07) is 3.00. The third-order valence-corrected chi connectivity index (χ3v) is 0. The van der Waals surface area contributed by atoms with Gasteiger partial charge in [0.2, 0.25) is 0 Å². The van der Waals surface area contributed by atoms with E-state index in [1.807, 2.05) is 0 Å². The van der Waals surface area contributed by atoms with Gasteiger partial charge in [0.1, 0.15) is 0 Å². The van der Waals surface area contributed by atoms with Gasteiger partial charge < -0.3 is 20.0 Å². The molecule has 0 fully saturated rings. The van der Waals surface area contributed by atoms with Crippen molar-refractivity contribution in [1.82, 2.24) is 6.15 Å². The Labute approximate surface area is 63.5 Å². The molecule has 0 aromatic heterocycles. The van der Waals surface area contributed by atoms with Gasteiger partial charge in [-0.25, -0.2) is 10.5 Å². The van der Waals surface area contributed by atoms with Gasteiger partial charge in [-0.05, 0) is 0 Å². The molecule has 0 unspecified atom stereocenters. The fourth-order valence-electron chi connectivity index (χ4n) is 0. The molecule has 0 radical (unpaired) electrons. The first-order valence-electron chi connectivity index (χ1n) is 1.15. The van der Waals surface area contributed by atoms with E-state index >= 15 is 0 Å². The standard InChI is InChI=1S/2C2H2N.H3N.Pd/c2*1-2-3;;/h2*1H2;1H3;/q2*-1;;+2. The third-order valence-electron chi connectivity index (χ3n) is 0. The molecule has 3 nitrogen and oxygen atoms in total. The van der Waals surface area contributed by atoms with Crippen molar-refractivity contribution in [1.29, 1.82) is 10.5 Å². The van der Waals surface area contributed by atoms with Crippen LogP contribution in [0.3, 0.4) is 0 Å². The van der Waals surface area contributed by atoms with Gasteiger partial charge in [0.25, 0.3) is 0 Å². The molecule has 0 atom stereocenters. The van der Waals surface area contributed by atoms with E-state index in [0.717, 1.165) is 0 Å². The Morgan fingerprint density at radius 2 is 1.00 bits per heavy atom. The van der Waals surface area contributed by atoms with E-state index in [2.05, 4.69) is 13.8 Å².